The Morgan fingerprint density at radius 1 is 1.12 bits per heavy atom. The molecule has 5 heteroatoms. The van der Waals surface area contributed by atoms with Gasteiger partial charge in [-0.2, -0.15) is 0 Å². The van der Waals surface area contributed by atoms with E-state index < -0.39 is 0 Å². The minimum absolute atomic E-state index is 0.156. The third kappa shape index (κ3) is 4.08. The van der Waals surface area contributed by atoms with Crippen LogP contribution in [0.25, 0.3) is 0 Å². The van der Waals surface area contributed by atoms with Crippen molar-refractivity contribution in [3.8, 4) is 5.75 Å². The molecular formula is C19H26N2O3. The zero-order valence-corrected chi connectivity index (χ0v) is 14.3. The van der Waals surface area contributed by atoms with Crippen molar-refractivity contribution in [3.05, 3.63) is 29.8 Å². The van der Waals surface area contributed by atoms with Crippen molar-refractivity contribution in [2.24, 2.45) is 5.92 Å². The van der Waals surface area contributed by atoms with Crippen molar-refractivity contribution < 1.29 is 14.3 Å². The van der Waals surface area contributed by atoms with Gasteiger partial charge in [-0.25, -0.2) is 0 Å². The Morgan fingerprint density at radius 2 is 1.79 bits per heavy atom. The molecule has 0 aromatic heterocycles. The number of hydrogen-bond donors (Lipinski definition) is 1. The molecule has 1 aromatic rings. The summed E-state index contributed by atoms with van der Waals surface area (Å²) in [6.07, 6.45) is 5.37. The van der Waals surface area contributed by atoms with Gasteiger partial charge in [0.1, 0.15) is 5.75 Å². The van der Waals surface area contributed by atoms with Gasteiger partial charge in [-0.3, -0.25) is 9.59 Å². The highest BCUT2D eigenvalue weighted by molar-refractivity contribution is 5.80. The van der Waals surface area contributed by atoms with Crippen LogP contribution in [0.3, 0.4) is 0 Å². The number of piperidine rings is 1. The number of methoxy groups -OCH3 is 1. The summed E-state index contributed by atoms with van der Waals surface area (Å²) >= 11 is 0. The van der Waals surface area contributed by atoms with Gasteiger partial charge in [0.25, 0.3) is 0 Å². The van der Waals surface area contributed by atoms with Gasteiger partial charge in [0.2, 0.25) is 11.8 Å². The quantitative estimate of drug-likeness (QED) is 0.900. The summed E-state index contributed by atoms with van der Waals surface area (Å²) in [5.74, 6) is 1.40. The van der Waals surface area contributed by atoms with Crippen LogP contribution >= 0.6 is 0 Å². The zero-order chi connectivity index (χ0) is 16.9. The van der Waals surface area contributed by atoms with Crippen LogP contribution in [0.1, 0.15) is 37.7 Å². The first-order chi connectivity index (χ1) is 11.7. The van der Waals surface area contributed by atoms with E-state index in [1.54, 1.807) is 7.11 Å². The summed E-state index contributed by atoms with van der Waals surface area (Å²) in [5, 5.41) is 3.15. The Bertz CT molecular complexity index is 573. The second-order valence-corrected chi connectivity index (χ2v) is 6.82. The summed E-state index contributed by atoms with van der Waals surface area (Å²) in [4.78, 5) is 26.3. The van der Waals surface area contributed by atoms with E-state index in [1.165, 1.54) is 6.42 Å². The van der Waals surface area contributed by atoms with E-state index in [-0.39, 0.29) is 23.8 Å². The third-order valence-electron chi connectivity index (χ3n) is 5.18. The first-order valence-electron chi connectivity index (χ1n) is 8.87. The standard InChI is InChI=1S/C19H26N2O3/c1-24-17-7-5-14(6-8-17)13-18(22)21-11-9-16(10-12-21)20-19(23)15-3-2-4-15/h5-8,15-16H,2-4,9-13H2,1H3,(H,20,23). The van der Waals surface area contributed by atoms with Gasteiger partial charge in [0.15, 0.2) is 0 Å². The molecule has 3 rings (SSSR count). The molecule has 0 bridgehead atoms. The minimum Gasteiger partial charge on any atom is -0.497 e. The molecule has 1 saturated carbocycles. The fourth-order valence-corrected chi connectivity index (χ4v) is 3.29. The molecule has 1 aromatic carbocycles. The van der Waals surface area contributed by atoms with E-state index in [0.29, 0.717) is 6.42 Å². The summed E-state index contributed by atoms with van der Waals surface area (Å²) in [6, 6.07) is 7.85. The number of rotatable bonds is 5. The predicted molar refractivity (Wildman–Crippen MR) is 91.8 cm³/mol. The van der Waals surface area contributed by atoms with Gasteiger partial charge in [0, 0.05) is 25.0 Å². The van der Waals surface area contributed by atoms with Gasteiger partial charge in [-0.1, -0.05) is 18.6 Å². The molecule has 0 radical (unpaired) electrons. The van der Waals surface area contributed by atoms with E-state index in [9.17, 15) is 9.59 Å². The topological polar surface area (TPSA) is 58.6 Å². The summed E-state index contributed by atoms with van der Waals surface area (Å²) < 4.78 is 5.13. The Hall–Kier alpha value is -2.04. The van der Waals surface area contributed by atoms with Crippen molar-refractivity contribution in [2.75, 3.05) is 20.2 Å². The van der Waals surface area contributed by atoms with E-state index in [1.807, 2.05) is 29.2 Å². The summed E-state index contributed by atoms with van der Waals surface area (Å²) in [6.45, 7) is 1.45. The van der Waals surface area contributed by atoms with Crippen molar-refractivity contribution in [1.82, 2.24) is 10.2 Å². The molecule has 1 N–H and O–H groups in total. The van der Waals surface area contributed by atoms with Crippen LogP contribution in [-0.2, 0) is 16.0 Å². The van der Waals surface area contributed by atoms with E-state index in [0.717, 1.165) is 50.1 Å². The summed E-state index contributed by atoms with van der Waals surface area (Å²) in [5.41, 5.74) is 1.00. The lowest BCUT2D eigenvalue weighted by Gasteiger charge is -2.34. The number of ether oxygens (including phenoxy) is 1. The number of nitrogens with zero attached hydrogens (tertiary/aromatic N) is 1. The monoisotopic (exact) mass is 330 g/mol. The molecule has 1 saturated heterocycles. The van der Waals surface area contributed by atoms with Crippen molar-refractivity contribution in [1.29, 1.82) is 0 Å². The highest BCUT2D eigenvalue weighted by Gasteiger charge is 2.29. The number of benzene rings is 1. The molecule has 5 nitrogen and oxygen atoms in total. The van der Waals surface area contributed by atoms with E-state index in [4.69, 9.17) is 4.74 Å². The first kappa shape index (κ1) is 16.8. The Kier molecular flexibility index (Phi) is 5.38. The Morgan fingerprint density at radius 3 is 2.33 bits per heavy atom. The van der Waals surface area contributed by atoms with Crippen LogP contribution in [-0.4, -0.2) is 43.0 Å². The maximum atomic E-state index is 12.4. The molecule has 2 aliphatic rings. The number of carbonyl (C=O) groups is 2. The lowest BCUT2D eigenvalue weighted by Crippen LogP contribution is -2.48. The van der Waals surface area contributed by atoms with Crippen LogP contribution in [0.4, 0.5) is 0 Å². The maximum absolute atomic E-state index is 12.4. The lowest BCUT2D eigenvalue weighted by molar-refractivity contribution is -0.132. The Labute approximate surface area is 143 Å². The smallest absolute Gasteiger partial charge is 0.226 e. The molecule has 2 fully saturated rings. The number of likely N-dealkylation sites (tertiary alicyclic amines) is 1. The lowest BCUT2D eigenvalue weighted by atomic mass is 9.84. The molecule has 1 heterocycles. The summed E-state index contributed by atoms with van der Waals surface area (Å²) in [7, 11) is 1.63. The molecule has 1 aliphatic carbocycles. The second-order valence-electron chi connectivity index (χ2n) is 6.82. The van der Waals surface area contributed by atoms with Gasteiger partial charge in [-0.05, 0) is 43.4 Å². The molecular weight excluding hydrogens is 304 g/mol. The molecule has 0 atom stereocenters. The highest BCUT2D eigenvalue weighted by atomic mass is 16.5. The first-order valence-corrected chi connectivity index (χ1v) is 8.87. The molecule has 2 amide bonds. The number of amides is 2. The van der Waals surface area contributed by atoms with Crippen LogP contribution in [0.15, 0.2) is 24.3 Å². The van der Waals surface area contributed by atoms with Crippen LogP contribution in [0.5, 0.6) is 5.75 Å². The Balaban J connectivity index is 1.43. The number of nitrogens with one attached hydrogen (secondary N) is 1. The molecule has 130 valence electrons. The molecule has 0 spiro atoms. The van der Waals surface area contributed by atoms with Crippen LogP contribution in [0, 0.1) is 5.92 Å². The second kappa shape index (κ2) is 7.69. The van der Waals surface area contributed by atoms with Crippen molar-refractivity contribution >= 4 is 11.8 Å². The third-order valence-corrected chi connectivity index (χ3v) is 5.18. The maximum Gasteiger partial charge on any atom is 0.226 e. The van der Waals surface area contributed by atoms with E-state index in [2.05, 4.69) is 5.32 Å². The van der Waals surface area contributed by atoms with Gasteiger partial charge < -0.3 is 15.0 Å². The average molecular weight is 330 g/mol. The molecule has 0 unspecified atom stereocenters. The van der Waals surface area contributed by atoms with Crippen molar-refractivity contribution in [3.63, 3.8) is 0 Å². The SMILES string of the molecule is COc1ccc(CC(=O)N2CCC(NC(=O)C3CCC3)CC2)cc1. The number of hydrogen-bond acceptors (Lipinski definition) is 3. The highest BCUT2D eigenvalue weighted by Crippen LogP contribution is 2.26. The van der Waals surface area contributed by atoms with Crippen LogP contribution < -0.4 is 10.1 Å². The van der Waals surface area contributed by atoms with Gasteiger partial charge in [0.05, 0.1) is 13.5 Å². The van der Waals surface area contributed by atoms with Crippen molar-refractivity contribution in [2.45, 2.75) is 44.6 Å². The normalized spacial score (nSPS) is 18.8. The van der Waals surface area contributed by atoms with Gasteiger partial charge >= 0.3 is 0 Å². The fourth-order valence-electron chi connectivity index (χ4n) is 3.29. The fraction of sp³-hybridized carbons (Fsp3) is 0.579. The zero-order valence-electron chi connectivity index (χ0n) is 14.3. The minimum atomic E-state index is 0.156. The largest absolute Gasteiger partial charge is 0.497 e. The van der Waals surface area contributed by atoms with Gasteiger partial charge in [-0.15, -0.1) is 0 Å². The van der Waals surface area contributed by atoms with E-state index >= 15 is 0 Å². The average Bonchev–Trinajstić information content (AvgIpc) is 2.54. The molecule has 24 heavy (non-hydrogen) atoms. The molecule has 1 aliphatic heterocycles. The van der Waals surface area contributed by atoms with Crippen LogP contribution in [0.2, 0.25) is 0 Å². The predicted octanol–water partition coefficient (Wildman–Crippen LogP) is 2.14. The number of carbonyl (C=O) groups excluding carboxylic acids is 2.